The molecule has 5 rings (SSSR count). The SMILES string of the molecule is COc1ccccc1-c1ccc2c(C3CN(C(=O)c4ccnn4C)CCN3C)nnn2c1.O=C(O)C(F)(F)F. The lowest BCUT2D eigenvalue weighted by Crippen LogP contribution is -2.49. The molecule has 1 amide bonds. The summed E-state index contributed by atoms with van der Waals surface area (Å²) in [7, 11) is 5.51. The average molecular weight is 546 g/mol. The number of pyridine rings is 1. The van der Waals surface area contributed by atoms with Gasteiger partial charge in [0.15, 0.2) is 0 Å². The van der Waals surface area contributed by atoms with E-state index in [1.165, 1.54) is 0 Å². The van der Waals surface area contributed by atoms with E-state index in [1.54, 1.807) is 35.6 Å². The number of hydrogen-bond donors (Lipinski definition) is 1. The van der Waals surface area contributed by atoms with Crippen LogP contribution in [0.3, 0.4) is 0 Å². The second kappa shape index (κ2) is 11.1. The highest BCUT2D eigenvalue weighted by Crippen LogP contribution is 2.32. The van der Waals surface area contributed by atoms with Crippen molar-refractivity contribution in [2.75, 3.05) is 33.8 Å². The predicted octanol–water partition coefficient (Wildman–Crippen LogP) is 2.90. The smallest absolute Gasteiger partial charge is 0.490 e. The van der Waals surface area contributed by atoms with Gasteiger partial charge in [-0.05, 0) is 25.2 Å². The lowest BCUT2D eigenvalue weighted by Gasteiger charge is -2.38. The molecule has 11 nitrogen and oxygen atoms in total. The molecule has 1 unspecified atom stereocenters. The summed E-state index contributed by atoms with van der Waals surface area (Å²) >= 11 is 0. The van der Waals surface area contributed by atoms with E-state index in [4.69, 9.17) is 14.6 Å². The van der Waals surface area contributed by atoms with Crippen LogP contribution in [-0.2, 0) is 11.8 Å². The molecule has 3 aromatic heterocycles. The number of carbonyl (C=O) groups excluding carboxylic acids is 1. The zero-order valence-corrected chi connectivity index (χ0v) is 21.3. The molecule has 0 radical (unpaired) electrons. The molecule has 0 spiro atoms. The van der Waals surface area contributed by atoms with E-state index in [9.17, 15) is 18.0 Å². The number of carbonyl (C=O) groups is 2. The number of aromatic nitrogens is 5. The lowest BCUT2D eigenvalue weighted by atomic mass is 10.0. The maximum absolute atomic E-state index is 13.0. The molecule has 39 heavy (non-hydrogen) atoms. The number of benzene rings is 1. The van der Waals surface area contributed by atoms with Crippen molar-refractivity contribution in [1.29, 1.82) is 0 Å². The highest BCUT2D eigenvalue weighted by molar-refractivity contribution is 5.92. The number of rotatable bonds is 4. The van der Waals surface area contributed by atoms with Crippen LogP contribution in [0.25, 0.3) is 16.6 Å². The first-order chi connectivity index (χ1) is 18.5. The molecule has 206 valence electrons. The third-order valence-corrected chi connectivity index (χ3v) is 6.39. The molecule has 0 aliphatic carbocycles. The minimum atomic E-state index is -5.08. The van der Waals surface area contributed by atoms with Gasteiger partial charge in [0.05, 0.1) is 18.7 Å². The van der Waals surface area contributed by atoms with Crippen molar-refractivity contribution in [1.82, 2.24) is 34.4 Å². The van der Waals surface area contributed by atoms with Crippen molar-refractivity contribution in [3.05, 3.63) is 66.2 Å². The van der Waals surface area contributed by atoms with Crippen LogP contribution < -0.4 is 4.74 Å². The van der Waals surface area contributed by atoms with Gasteiger partial charge in [0.1, 0.15) is 17.1 Å². The quantitative estimate of drug-likeness (QED) is 0.416. The van der Waals surface area contributed by atoms with E-state index in [0.717, 1.165) is 34.6 Å². The Morgan fingerprint density at radius 2 is 1.79 bits per heavy atom. The Balaban J connectivity index is 0.000000448. The highest BCUT2D eigenvalue weighted by atomic mass is 19.4. The summed E-state index contributed by atoms with van der Waals surface area (Å²) in [6.07, 6.45) is -1.47. The number of para-hydroxylation sites is 1. The number of fused-ring (bicyclic) bond motifs is 1. The summed E-state index contributed by atoms with van der Waals surface area (Å²) in [4.78, 5) is 26.0. The number of aryl methyl sites for hydroxylation is 1. The Morgan fingerprint density at radius 1 is 1.08 bits per heavy atom. The molecule has 14 heteroatoms. The maximum atomic E-state index is 13.0. The molecule has 0 saturated carbocycles. The van der Waals surface area contributed by atoms with Crippen LogP contribution in [0.1, 0.15) is 22.2 Å². The van der Waals surface area contributed by atoms with Gasteiger partial charge in [-0.15, -0.1) is 5.10 Å². The van der Waals surface area contributed by atoms with E-state index in [1.807, 2.05) is 41.4 Å². The van der Waals surface area contributed by atoms with Gasteiger partial charge in [-0.3, -0.25) is 14.4 Å². The summed E-state index contributed by atoms with van der Waals surface area (Å²) in [6.45, 7) is 1.96. The van der Waals surface area contributed by atoms with Crippen molar-refractivity contribution >= 4 is 17.4 Å². The summed E-state index contributed by atoms with van der Waals surface area (Å²) in [6, 6.07) is 13.7. The van der Waals surface area contributed by atoms with E-state index in [0.29, 0.717) is 18.8 Å². The molecule has 4 heterocycles. The van der Waals surface area contributed by atoms with Gasteiger partial charge in [-0.1, -0.05) is 29.5 Å². The lowest BCUT2D eigenvalue weighted by molar-refractivity contribution is -0.192. The van der Waals surface area contributed by atoms with Crippen LogP contribution in [0, 0.1) is 0 Å². The third kappa shape index (κ3) is 5.85. The van der Waals surface area contributed by atoms with Crippen molar-refractivity contribution < 1.29 is 32.6 Å². The summed E-state index contributed by atoms with van der Waals surface area (Å²) < 4.78 is 40.7. The molecule has 1 aliphatic rings. The normalized spacial score (nSPS) is 16.1. The first kappa shape index (κ1) is 27.6. The van der Waals surface area contributed by atoms with Crippen LogP contribution >= 0.6 is 0 Å². The summed E-state index contributed by atoms with van der Waals surface area (Å²) in [5, 5.41) is 20.1. The number of methoxy groups -OCH3 is 1. The molecule has 1 aliphatic heterocycles. The van der Waals surface area contributed by atoms with Crippen LogP contribution in [0.5, 0.6) is 5.75 Å². The molecule has 0 bridgehead atoms. The number of halogens is 3. The fourth-order valence-corrected chi connectivity index (χ4v) is 4.29. The van der Waals surface area contributed by atoms with Crippen LogP contribution in [0.4, 0.5) is 13.2 Å². The van der Waals surface area contributed by atoms with E-state index in [2.05, 4.69) is 33.4 Å². The zero-order chi connectivity index (χ0) is 28.3. The topological polar surface area (TPSA) is 118 Å². The maximum Gasteiger partial charge on any atom is 0.490 e. The zero-order valence-electron chi connectivity index (χ0n) is 21.3. The number of hydrogen-bond acceptors (Lipinski definition) is 7. The van der Waals surface area contributed by atoms with E-state index >= 15 is 0 Å². The molecular formula is C25H26F3N7O4. The highest BCUT2D eigenvalue weighted by Gasteiger charge is 2.38. The number of carboxylic acid groups (broad SMARTS) is 1. The van der Waals surface area contributed by atoms with Gasteiger partial charge in [0.2, 0.25) is 0 Å². The molecular weight excluding hydrogens is 519 g/mol. The van der Waals surface area contributed by atoms with Gasteiger partial charge < -0.3 is 14.7 Å². The van der Waals surface area contributed by atoms with Crippen LogP contribution in [0.15, 0.2) is 54.9 Å². The number of amides is 1. The molecule has 4 aromatic rings. The van der Waals surface area contributed by atoms with Crippen molar-refractivity contribution in [2.45, 2.75) is 12.2 Å². The molecule has 1 aromatic carbocycles. The molecule has 1 saturated heterocycles. The second-order valence-electron chi connectivity index (χ2n) is 8.81. The van der Waals surface area contributed by atoms with Gasteiger partial charge in [-0.25, -0.2) is 9.31 Å². The number of piperazine rings is 1. The fraction of sp³-hybridized carbons (Fsp3) is 0.320. The predicted molar refractivity (Wildman–Crippen MR) is 133 cm³/mol. The van der Waals surface area contributed by atoms with Gasteiger partial charge in [0, 0.05) is 50.2 Å². The number of aliphatic carboxylic acids is 1. The minimum absolute atomic E-state index is 0.0157. The van der Waals surface area contributed by atoms with E-state index in [-0.39, 0.29) is 11.9 Å². The summed E-state index contributed by atoms with van der Waals surface area (Å²) in [5.74, 6) is -1.96. The fourth-order valence-electron chi connectivity index (χ4n) is 4.29. The third-order valence-electron chi connectivity index (χ3n) is 6.39. The Kier molecular flexibility index (Phi) is 7.85. The first-order valence-electron chi connectivity index (χ1n) is 11.8. The van der Waals surface area contributed by atoms with Crippen LogP contribution in [0.2, 0.25) is 0 Å². The van der Waals surface area contributed by atoms with Crippen molar-refractivity contribution in [2.24, 2.45) is 7.05 Å². The van der Waals surface area contributed by atoms with Crippen molar-refractivity contribution in [3.8, 4) is 16.9 Å². The van der Waals surface area contributed by atoms with Gasteiger partial charge >= 0.3 is 12.1 Å². The Bertz CT molecular complexity index is 1480. The number of nitrogens with zero attached hydrogens (tertiary/aromatic N) is 7. The average Bonchev–Trinajstić information content (AvgIpc) is 3.54. The monoisotopic (exact) mass is 545 g/mol. The Hall–Kier alpha value is -4.46. The molecule has 1 fully saturated rings. The summed E-state index contributed by atoms with van der Waals surface area (Å²) in [5.41, 5.74) is 4.37. The number of carboxylic acids is 1. The van der Waals surface area contributed by atoms with Crippen LogP contribution in [-0.4, -0.2) is 91.4 Å². The Labute approximate surface area is 221 Å². The number of likely N-dealkylation sites (N-methyl/N-ethyl adjacent to an activating group) is 1. The first-order valence-corrected chi connectivity index (χ1v) is 11.8. The number of ether oxygens (including phenoxy) is 1. The van der Waals surface area contributed by atoms with E-state index < -0.39 is 12.1 Å². The number of alkyl halides is 3. The van der Waals surface area contributed by atoms with Gasteiger partial charge in [-0.2, -0.15) is 18.3 Å². The van der Waals surface area contributed by atoms with Gasteiger partial charge in [0.25, 0.3) is 5.91 Å². The van der Waals surface area contributed by atoms with Crippen molar-refractivity contribution in [3.63, 3.8) is 0 Å². The molecule has 1 atom stereocenters. The Morgan fingerprint density at radius 3 is 2.44 bits per heavy atom. The largest absolute Gasteiger partial charge is 0.496 e. The standard InChI is InChI=1S/C23H25N7O2.C2HF3O2/c1-27-12-13-29(23(31)19-10-11-24-28(19)2)15-20(27)22-18-9-8-16(14-30(18)26-25-22)17-6-4-5-7-21(17)32-3;3-2(4,5)1(6)7/h4-11,14,20H,12-13,15H2,1-3H3;(H,6,7). The second-order valence-corrected chi connectivity index (χ2v) is 8.81. The minimum Gasteiger partial charge on any atom is -0.496 e. The molecule has 1 N–H and O–H groups in total.